The first-order chi connectivity index (χ1) is 6.90. The number of nitrogens with zero attached hydrogens (tertiary/aromatic N) is 1. The smallest absolute Gasteiger partial charge is 0.0754 e. The maximum atomic E-state index is 5.61. The highest BCUT2D eigenvalue weighted by atomic mass is 16.5. The second-order valence-electron chi connectivity index (χ2n) is 3.83. The summed E-state index contributed by atoms with van der Waals surface area (Å²) in [5.41, 5.74) is 6.87. The van der Waals surface area contributed by atoms with Gasteiger partial charge in [-0.25, -0.2) is 0 Å². The largest absolute Gasteiger partial charge is 0.376 e. The van der Waals surface area contributed by atoms with Gasteiger partial charge >= 0.3 is 0 Å². The van der Waals surface area contributed by atoms with Gasteiger partial charge in [-0.05, 0) is 37.9 Å². The molecule has 1 aliphatic heterocycles. The van der Waals surface area contributed by atoms with Gasteiger partial charge in [0.1, 0.15) is 0 Å². The molecule has 1 aliphatic rings. The third kappa shape index (κ3) is 2.16. The Morgan fingerprint density at radius 3 is 3.21 bits per heavy atom. The Balaban J connectivity index is 1.96. The van der Waals surface area contributed by atoms with E-state index < -0.39 is 0 Å². The van der Waals surface area contributed by atoms with Gasteiger partial charge in [-0.1, -0.05) is 0 Å². The summed E-state index contributed by atoms with van der Waals surface area (Å²) >= 11 is 0. The van der Waals surface area contributed by atoms with Gasteiger partial charge in [-0.15, -0.1) is 0 Å². The van der Waals surface area contributed by atoms with Crippen LogP contribution in [0.2, 0.25) is 0 Å². The molecular formula is C11H18N2O. The van der Waals surface area contributed by atoms with Gasteiger partial charge in [0, 0.05) is 25.0 Å². The molecule has 78 valence electrons. The number of hydrogen-bond donors (Lipinski definition) is 1. The molecule has 1 atom stereocenters. The summed E-state index contributed by atoms with van der Waals surface area (Å²) in [6.07, 6.45) is 5.89. The van der Waals surface area contributed by atoms with Gasteiger partial charge in [0.2, 0.25) is 0 Å². The summed E-state index contributed by atoms with van der Waals surface area (Å²) in [7, 11) is 0. The standard InChI is InChI=1S/C11H18N2O/c12-6-5-10-3-1-7-13(10)9-11-4-2-8-14-11/h1,3,7,11H,2,4-6,8-9,12H2. The number of hydrogen-bond acceptors (Lipinski definition) is 2. The van der Waals surface area contributed by atoms with Crippen LogP contribution in [-0.4, -0.2) is 23.8 Å². The molecule has 1 aromatic heterocycles. The summed E-state index contributed by atoms with van der Waals surface area (Å²) in [5.74, 6) is 0. The minimum atomic E-state index is 0.416. The van der Waals surface area contributed by atoms with Crippen LogP contribution < -0.4 is 5.73 Å². The Morgan fingerprint density at radius 2 is 2.50 bits per heavy atom. The van der Waals surface area contributed by atoms with Crippen LogP contribution in [0.1, 0.15) is 18.5 Å². The van der Waals surface area contributed by atoms with Crippen molar-refractivity contribution in [2.24, 2.45) is 5.73 Å². The summed E-state index contributed by atoms with van der Waals surface area (Å²) in [4.78, 5) is 0. The van der Waals surface area contributed by atoms with E-state index in [1.807, 2.05) is 0 Å². The van der Waals surface area contributed by atoms with Crippen molar-refractivity contribution >= 4 is 0 Å². The third-order valence-corrected chi connectivity index (χ3v) is 2.75. The molecule has 1 unspecified atom stereocenters. The van der Waals surface area contributed by atoms with Crippen molar-refractivity contribution in [3.8, 4) is 0 Å². The van der Waals surface area contributed by atoms with Crippen LogP contribution in [0, 0.1) is 0 Å². The van der Waals surface area contributed by atoms with E-state index in [9.17, 15) is 0 Å². The van der Waals surface area contributed by atoms with Crippen LogP contribution in [0.3, 0.4) is 0 Å². The third-order valence-electron chi connectivity index (χ3n) is 2.75. The number of aromatic nitrogens is 1. The zero-order chi connectivity index (χ0) is 9.80. The topological polar surface area (TPSA) is 40.2 Å². The van der Waals surface area contributed by atoms with Crippen molar-refractivity contribution < 1.29 is 4.74 Å². The van der Waals surface area contributed by atoms with Gasteiger partial charge in [-0.2, -0.15) is 0 Å². The Kier molecular flexibility index (Phi) is 3.22. The van der Waals surface area contributed by atoms with Crippen LogP contribution >= 0.6 is 0 Å². The summed E-state index contributed by atoms with van der Waals surface area (Å²) in [6, 6.07) is 4.22. The fourth-order valence-corrected chi connectivity index (χ4v) is 2.01. The maximum Gasteiger partial charge on any atom is 0.0754 e. The van der Waals surface area contributed by atoms with Crippen LogP contribution in [0.15, 0.2) is 18.3 Å². The molecule has 1 aromatic rings. The fourth-order valence-electron chi connectivity index (χ4n) is 2.01. The van der Waals surface area contributed by atoms with Gasteiger partial charge < -0.3 is 15.0 Å². The first-order valence-corrected chi connectivity index (χ1v) is 5.36. The monoisotopic (exact) mass is 194 g/mol. The number of nitrogens with two attached hydrogens (primary N) is 1. The Morgan fingerprint density at radius 1 is 1.57 bits per heavy atom. The number of ether oxygens (including phenoxy) is 1. The molecule has 3 nitrogen and oxygen atoms in total. The molecule has 1 fully saturated rings. The molecule has 0 radical (unpaired) electrons. The van der Waals surface area contributed by atoms with E-state index in [4.69, 9.17) is 10.5 Å². The molecule has 2 rings (SSSR count). The first-order valence-electron chi connectivity index (χ1n) is 5.36. The lowest BCUT2D eigenvalue weighted by atomic mass is 10.2. The Labute approximate surface area is 84.9 Å². The second kappa shape index (κ2) is 4.62. The zero-order valence-corrected chi connectivity index (χ0v) is 8.48. The molecule has 0 aromatic carbocycles. The molecule has 0 bridgehead atoms. The molecule has 2 heterocycles. The summed E-state index contributed by atoms with van der Waals surface area (Å²) in [6.45, 7) is 2.63. The normalized spacial score (nSPS) is 21.6. The van der Waals surface area contributed by atoms with E-state index in [2.05, 4.69) is 22.9 Å². The minimum Gasteiger partial charge on any atom is -0.376 e. The lowest BCUT2D eigenvalue weighted by molar-refractivity contribution is 0.0965. The predicted molar refractivity (Wildman–Crippen MR) is 56.2 cm³/mol. The highest BCUT2D eigenvalue weighted by Gasteiger charge is 2.16. The molecular weight excluding hydrogens is 176 g/mol. The average Bonchev–Trinajstić information content (AvgIpc) is 2.80. The van der Waals surface area contributed by atoms with Crippen molar-refractivity contribution in [2.75, 3.05) is 13.2 Å². The maximum absolute atomic E-state index is 5.61. The molecule has 0 aliphatic carbocycles. The van der Waals surface area contributed by atoms with Gasteiger partial charge in [0.15, 0.2) is 0 Å². The summed E-state index contributed by atoms with van der Waals surface area (Å²) < 4.78 is 7.87. The second-order valence-corrected chi connectivity index (χ2v) is 3.83. The first kappa shape index (κ1) is 9.74. The van der Waals surface area contributed by atoms with Crippen LogP contribution in [0.5, 0.6) is 0 Å². The van der Waals surface area contributed by atoms with E-state index in [0.29, 0.717) is 6.10 Å². The molecule has 0 amide bonds. The van der Waals surface area contributed by atoms with Crippen molar-refractivity contribution in [3.63, 3.8) is 0 Å². The van der Waals surface area contributed by atoms with E-state index in [1.165, 1.54) is 18.5 Å². The lowest BCUT2D eigenvalue weighted by Crippen LogP contribution is -2.17. The zero-order valence-electron chi connectivity index (χ0n) is 8.48. The van der Waals surface area contributed by atoms with Crippen molar-refractivity contribution in [2.45, 2.75) is 31.9 Å². The van der Waals surface area contributed by atoms with Crippen LogP contribution in [0.25, 0.3) is 0 Å². The number of rotatable bonds is 4. The van der Waals surface area contributed by atoms with E-state index in [0.717, 1.165) is 26.1 Å². The molecule has 2 N–H and O–H groups in total. The van der Waals surface area contributed by atoms with Crippen LogP contribution in [-0.2, 0) is 17.7 Å². The minimum absolute atomic E-state index is 0.416. The average molecular weight is 194 g/mol. The molecule has 14 heavy (non-hydrogen) atoms. The van der Waals surface area contributed by atoms with Gasteiger partial charge in [0.25, 0.3) is 0 Å². The van der Waals surface area contributed by atoms with Crippen molar-refractivity contribution in [1.82, 2.24) is 4.57 Å². The quantitative estimate of drug-likeness (QED) is 0.781. The van der Waals surface area contributed by atoms with Crippen LogP contribution in [0.4, 0.5) is 0 Å². The Hall–Kier alpha value is -0.800. The van der Waals surface area contributed by atoms with Crippen molar-refractivity contribution in [1.29, 1.82) is 0 Å². The fraction of sp³-hybridized carbons (Fsp3) is 0.636. The molecule has 0 spiro atoms. The summed E-state index contributed by atoms with van der Waals surface area (Å²) in [5, 5.41) is 0. The molecule has 0 saturated carbocycles. The molecule has 1 saturated heterocycles. The Bertz CT molecular complexity index is 277. The highest BCUT2D eigenvalue weighted by Crippen LogP contribution is 2.15. The van der Waals surface area contributed by atoms with Gasteiger partial charge in [0.05, 0.1) is 6.10 Å². The van der Waals surface area contributed by atoms with Gasteiger partial charge in [-0.3, -0.25) is 0 Å². The van der Waals surface area contributed by atoms with Crippen molar-refractivity contribution in [3.05, 3.63) is 24.0 Å². The van der Waals surface area contributed by atoms with E-state index in [-0.39, 0.29) is 0 Å². The SMILES string of the molecule is NCCc1cccn1CC1CCCO1. The molecule has 3 heteroatoms. The van der Waals surface area contributed by atoms with E-state index >= 15 is 0 Å². The highest BCUT2D eigenvalue weighted by molar-refractivity contribution is 5.07. The predicted octanol–water partition coefficient (Wildman–Crippen LogP) is 1.17. The van der Waals surface area contributed by atoms with E-state index in [1.54, 1.807) is 0 Å². The lowest BCUT2D eigenvalue weighted by Gasteiger charge is -2.13.